The quantitative estimate of drug-likeness (QED) is 0.731. The van der Waals surface area contributed by atoms with E-state index in [1.807, 2.05) is 60.7 Å². The Morgan fingerprint density at radius 2 is 1.57 bits per heavy atom. The Morgan fingerprint density at radius 1 is 0.905 bits per heavy atom. The first-order chi connectivity index (χ1) is 10.1. The lowest BCUT2D eigenvalue weighted by atomic mass is 9.79. The van der Waals surface area contributed by atoms with E-state index in [1.165, 1.54) is 0 Å². The SMILES string of the molecule is OC(C1=CC=CC1)(c1ccccc1)c1cc(Br)cc(Br)c1. The van der Waals surface area contributed by atoms with Crippen molar-refractivity contribution in [1.29, 1.82) is 0 Å². The van der Waals surface area contributed by atoms with Crippen LogP contribution in [0.2, 0.25) is 0 Å². The molecule has 21 heavy (non-hydrogen) atoms. The van der Waals surface area contributed by atoms with Crippen LogP contribution in [0.5, 0.6) is 0 Å². The van der Waals surface area contributed by atoms with E-state index in [2.05, 4.69) is 37.9 Å². The second-order valence-corrected chi connectivity index (χ2v) is 6.89. The van der Waals surface area contributed by atoms with Crippen molar-refractivity contribution in [2.75, 3.05) is 0 Å². The number of aliphatic hydroxyl groups is 1. The lowest BCUT2D eigenvalue weighted by Gasteiger charge is -2.31. The van der Waals surface area contributed by atoms with Gasteiger partial charge < -0.3 is 5.11 Å². The van der Waals surface area contributed by atoms with Crippen molar-refractivity contribution >= 4 is 31.9 Å². The second-order valence-electron chi connectivity index (χ2n) is 5.06. The van der Waals surface area contributed by atoms with Gasteiger partial charge in [-0.1, -0.05) is 80.4 Å². The van der Waals surface area contributed by atoms with Crippen LogP contribution in [0.25, 0.3) is 0 Å². The van der Waals surface area contributed by atoms with E-state index >= 15 is 0 Å². The molecule has 0 aliphatic heterocycles. The smallest absolute Gasteiger partial charge is 0.137 e. The average Bonchev–Trinajstić information content (AvgIpc) is 3.01. The van der Waals surface area contributed by atoms with Gasteiger partial charge in [0.15, 0.2) is 0 Å². The van der Waals surface area contributed by atoms with Crippen molar-refractivity contribution in [3.63, 3.8) is 0 Å². The molecule has 1 aliphatic rings. The van der Waals surface area contributed by atoms with Gasteiger partial charge in [-0.05, 0) is 41.3 Å². The first kappa shape index (κ1) is 14.8. The zero-order chi connectivity index (χ0) is 14.9. The molecule has 1 aliphatic carbocycles. The maximum Gasteiger partial charge on any atom is 0.137 e. The Bertz CT molecular complexity index is 699. The van der Waals surface area contributed by atoms with Crippen molar-refractivity contribution in [2.24, 2.45) is 0 Å². The molecule has 0 spiro atoms. The standard InChI is InChI=1S/C18H14Br2O/c19-16-10-15(11-17(20)12-16)18(21,14-8-4-5-9-14)13-6-2-1-3-7-13/h1-8,10-12,21H,9H2. The highest BCUT2D eigenvalue weighted by Crippen LogP contribution is 2.41. The van der Waals surface area contributed by atoms with Crippen LogP contribution >= 0.6 is 31.9 Å². The first-order valence-corrected chi connectivity index (χ1v) is 8.30. The van der Waals surface area contributed by atoms with Gasteiger partial charge in [0.2, 0.25) is 0 Å². The minimum Gasteiger partial charge on any atom is -0.376 e. The zero-order valence-electron chi connectivity index (χ0n) is 11.3. The van der Waals surface area contributed by atoms with Gasteiger partial charge in [0.1, 0.15) is 5.60 Å². The van der Waals surface area contributed by atoms with Crippen LogP contribution in [0.3, 0.4) is 0 Å². The van der Waals surface area contributed by atoms with Crippen LogP contribution < -0.4 is 0 Å². The van der Waals surface area contributed by atoms with E-state index in [0.29, 0.717) is 0 Å². The molecule has 106 valence electrons. The molecule has 0 radical (unpaired) electrons. The molecule has 1 nitrogen and oxygen atoms in total. The van der Waals surface area contributed by atoms with E-state index in [9.17, 15) is 5.11 Å². The minimum absolute atomic E-state index is 0.759. The fourth-order valence-corrected chi connectivity index (χ4v) is 3.99. The van der Waals surface area contributed by atoms with E-state index in [0.717, 1.165) is 32.1 Å². The van der Waals surface area contributed by atoms with Crippen LogP contribution in [0.15, 0.2) is 81.3 Å². The molecule has 0 amide bonds. The van der Waals surface area contributed by atoms with Crippen LogP contribution in [0, 0.1) is 0 Å². The molecule has 1 N–H and O–H groups in total. The molecule has 0 heterocycles. The zero-order valence-corrected chi connectivity index (χ0v) is 14.4. The van der Waals surface area contributed by atoms with Crippen molar-refractivity contribution in [2.45, 2.75) is 12.0 Å². The minimum atomic E-state index is -1.11. The predicted octanol–water partition coefficient (Wildman–Crippen LogP) is 5.33. The fourth-order valence-electron chi connectivity index (χ4n) is 2.70. The Morgan fingerprint density at radius 3 is 2.14 bits per heavy atom. The first-order valence-electron chi connectivity index (χ1n) is 6.71. The highest BCUT2D eigenvalue weighted by Gasteiger charge is 2.36. The summed E-state index contributed by atoms with van der Waals surface area (Å²) in [6.07, 6.45) is 6.82. The fraction of sp³-hybridized carbons (Fsp3) is 0.111. The van der Waals surface area contributed by atoms with Gasteiger partial charge in [-0.2, -0.15) is 0 Å². The summed E-state index contributed by atoms with van der Waals surface area (Å²) in [5.74, 6) is 0. The third-order valence-electron chi connectivity index (χ3n) is 3.71. The Balaban J connectivity index is 2.21. The number of rotatable bonds is 3. The number of allylic oxidation sites excluding steroid dienone is 3. The molecular weight excluding hydrogens is 392 g/mol. The predicted molar refractivity (Wildman–Crippen MR) is 93.1 cm³/mol. The summed E-state index contributed by atoms with van der Waals surface area (Å²) in [5, 5.41) is 11.6. The molecule has 2 aromatic rings. The Hall–Kier alpha value is -1.16. The van der Waals surface area contributed by atoms with Crippen LogP contribution in [0.1, 0.15) is 17.5 Å². The largest absolute Gasteiger partial charge is 0.376 e. The molecule has 1 unspecified atom stereocenters. The summed E-state index contributed by atoms with van der Waals surface area (Å²) < 4.78 is 1.88. The van der Waals surface area contributed by atoms with Gasteiger partial charge in [0.25, 0.3) is 0 Å². The summed E-state index contributed by atoms with van der Waals surface area (Å²) in [7, 11) is 0. The highest BCUT2D eigenvalue weighted by atomic mass is 79.9. The molecule has 0 saturated carbocycles. The number of hydrogen-bond donors (Lipinski definition) is 1. The summed E-state index contributed by atoms with van der Waals surface area (Å²) in [6, 6.07) is 15.7. The van der Waals surface area contributed by atoms with Crippen molar-refractivity contribution in [3.8, 4) is 0 Å². The maximum absolute atomic E-state index is 11.6. The number of halogens is 2. The Kier molecular flexibility index (Phi) is 4.16. The summed E-state index contributed by atoms with van der Waals surface area (Å²) >= 11 is 7.02. The molecule has 0 bridgehead atoms. The van der Waals surface area contributed by atoms with E-state index in [1.54, 1.807) is 0 Å². The normalized spacial score (nSPS) is 16.6. The molecule has 1 atom stereocenters. The van der Waals surface area contributed by atoms with E-state index in [4.69, 9.17) is 0 Å². The highest BCUT2D eigenvalue weighted by molar-refractivity contribution is 9.11. The molecular formula is C18H14Br2O. The third-order valence-corrected chi connectivity index (χ3v) is 4.62. The van der Waals surface area contributed by atoms with E-state index < -0.39 is 5.60 Å². The van der Waals surface area contributed by atoms with Crippen LogP contribution in [-0.2, 0) is 5.60 Å². The second kappa shape index (κ2) is 5.91. The van der Waals surface area contributed by atoms with Gasteiger partial charge in [0, 0.05) is 8.95 Å². The van der Waals surface area contributed by atoms with Crippen molar-refractivity contribution < 1.29 is 5.11 Å². The van der Waals surface area contributed by atoms with Crippen molar-refractivity contribution in [3.05, 3.63) is 92.4 Å². The van der Waals surface area contributed by atoms with Crippen LogP contribution in [-0.4, -0.2) is 5.11 Å². The Labute approximate surface area is 141 Å². The molecule has 0 fully saturated rings. The lowest BCUT2D eigenvalue weighted by molar-refractivity contribution is 0.119. The topological polar surface area (TPSA) is 20.2 Å². The van der Waals surface area contributed by atoms with Gasteiger partial charge >= 0.3 is 0 Å². The van der Waals surface area contributed by atoms with E-state index in [-0.39, 0.29) is 0 Å². The van der Waals surface area contributed by atoms with Gasteiger partial charge in [-0.3, -0.25) is 0 Å². The monoisotopic (exact) mass is 404 g/mol. The number of benzene rings is 2. The molecule has 2 aromatic carbocycles. The van der Waals surface area contributed by atoms with Gasteiger partial charge in [-0.15, -0.1) is 0 Å². The molecule has 3 rings (SSSR count). The third kappa shape index (κ3) is 2.78. The molecule has 0 saturated heterocycles. The average molecular weight is 406 g/mol. The molecule has 0 aromatic heterocycles. The van der Waals surface area contributed by atoms with Crippen LogP contribution in [0.4, 0.5) is 0 Å². The van der Waals surface area contributed by atoms with Gasteiger partial charge in [0.05, 0.1) is 0 Å². The maximum atomic E-state index is 11.6. The summed E-state index contributed by atoms with van der Waals surface area (Å²) in [6.45, 7) is 0. The summed E-state index contributed by atoms with van der Waals surface area (Å²) in [4.78, 5) is 0. The van der Waals surface area contributed by atoms with Crippen molar-refractivity contribution in [1.82, 2.24) is 0 Å². The van der Waals surface area contributed by atoms with Gasteiger partial charge in [-0.25, -0.2) is 0 Å². The number of hydrogen-bond acceptors (Lipinski definition) is 1. The lowest BCUT2D eigenvalue weighted by Crippen LogP contribution is -2.29. The summed E-state index contributed by atoms with van der Waals surface area (Å²) in [5.41, 5.74) is 1.60. The molecule has 3 heteroatoms.